The SMILES string of the molecule is CCCCCC/C=C\C/C=C\CCCCCCCCCC(=O)OCCCCCCCCCCCCCCC/C=C\C/C=C\CCCCCCCCCCCCCCCCCCCC(=O)NC(CO)C(O)/C=C/CCCCCCCCCCCCCCCCCCCCCCCCC. The molecule has 0 rings (SSSR count). The number of aliphatic hydroxyl groups is 2. The van der Waals surface area contributed by atoms with Gasteiger partial charge in [-0.1, -0.05) is 434 Å². The molecule has 0 aromatic carbocycles. The zero-order valence-electron chi connectivity index (χ0n) is 65.6. The van der Waals surface area contributed by atoms with Gasteiger partial charge in [-0.25, -0.2) is 0 Å². The van der Waals surface area contributed by atoms with E-state index in [1.54, 1.807) is 6.08 Å². The van der Waals surface area contributed by atoms with E-state index >= 15 is 0 Å². The van der Waals surface area contributed by atoms with Crippen molar-refractivity contribution in [2.24, 2.45) is 0 Å². The lowest BCUT2D eigenvalue weighted by molar-refractivity contribution is -0.143. The summed E-state index contributed by atoms with van der Waals surface area (Å²) in [5.74, 6) is -0.0485. The van der Waals surface area contributed by atoms with Crippen LogP contribution < -0.4 is 5.32 Å². The number of hydrogen-bond donors (Lipinski definition) is 3. The number of hydrogen-bond acceptors (Lipinski definition) is 5. The molecule has 0 aliphatic carbocycles. The highest BCUT2D eigenvalue weighted by molar-refractivity contribution is 5.76. The second-order valence-electron chi connectivity index (χ2n) is 30.2. The van der Waals surface area contributed by atoms with Gasteiger partial charge < -0.3 is 20.3 Å². The Morgan fingerprint density at radius 2 is 0.515 bits per heavy atom. The Morgan fingerprint density at radius 3 is 0.794 bits per heavy atom. The van der Waals surface area contributed by atoms with Crippen LogP contribution in [0.2, 0.25) is 0 Å². The lowest BCUT2D eigenvalue weighted by Crippen LogP contribution is -2.45. The number of carbonyl (C=O) groups is 2. The highest BCUT2D eigenvalue weighted by Gasteiger charge is 2.18. The van der Waals surface area contributed by atoms with Gasteiger partial charge in [-0.05, 0) is 96.3 Å². The van der Waals surface area contributed by atoms with Crippen LogP contribution in [0.15, 0.2) is 60.8 Å². The van der Waals surface area contributed by atoms with Crippen molar-refractivity contribution in [1.29, 1.82) is 0 Å². The van der Waals surface area contributed by atoms with E-state index < -0.39 is 12.1 Å². The zero-order valence-corrected chi connectivity index (χ0v) is 65.6. The fourth-order valence-corrected chi connectivity index (χ4v) is 13.8. The monoisotopic (exact) mass is 1360 g/mol. The van der Waals surface area contributed by atoms with Crippen LogP contribution in [0, 0.1) is 0 Å². The summed E-state index contributed by atoms with van der Waals surface area (Å²) in [7, 11) is 0. The summed E-state index contributed by atoms with van der Waals surface area (Å²) in [6.45, 7) is 4.93. The molecule has 6 heteroatoms. The third-order valence-electron chi connectivity index (χ3n) is 20.5. The summed E-state index contributed by atoms with van der Waals surface area (Å²) in [6, 6.07) is -0.629. The molecular formula is C91H171NO5. The molecule has 0 aliphatic rings. The summed E-state index contributed by atoms with van der Waals surface area (Å²) < 4.78 is 5.51. The van der Waals surface area contributed by atoms with Crippen LogP contribution >= 0.6 is 0 Å². The maximum atomic E-state index is 12.6. The molecule has 3 N–H and O–H groups in total. The molecule has 0 heterocycles. The number of amides is 1. The van der Waals surface area contributed by atoms with E-state index in [1.807, 2.05) is 6.08 Å². The first-order valence-corrected chi connectivity index (χ1v) is 44.1. The number of allylic oxidation sites excluding steroid dienone is 9. The molecule has 0 bridgehead atoms. The largest absolute Gasteiger partial charge is 0.466 e. The smallest absolute Gasteiger partial charge is 0.305 e. The average Bonchev–Trinajstić information content (AvgIpc) is 3.68. The molecule has 0 fully saturated rings. The van der Waals surface area contributed by atoms with Crippen molar-refractivity contribution < 1.29 is 24.5 Å². The molecule has 0 aliphatic heterocycles. The van der Waals surface area contributed by atoms with E-state index in [0.29, 0.717) is 19.4 Å². The van der Waals surface area contributed by atoms with Crippen molar-refractivity contribution >= 4 is 11.9 Å². The number of unbranched alkanes of at least 4 members (excludes halogenated alkanes) is 64. The molecule has 1 amide bonds. The Balaban J connectivity index is 3.39. The Labute approximate surface area is 607 Å². The second-order valence-corrected chi connectivity index (χ2v) is 30.2. The lowest BCUT2D eigenvalue weighted by atomic mass is 10.0. The predicted molar refractivity (Wildman–Crippen MR) is 430 cm³/mol. The normalized spacial score (nSPS) is 12.7. The molecule has 0 saturated carbocycles. The lowest BCUT2D eigenvalue weighted by Gasteiger charge is -2.20. The van der Waals surface area contributed by atoms with E-state index in [2.05, 4.69) is 67.8 Å². The van der Waals surface area contributed by atoms with Gasteiger partial charge in [0.05, 0.1) is 25.4 Å². The number of esters is 1. The van der Waals surface area contributed by atoms with Crippen molar-refractivity contribution in [2.75, 3.05) is 13.2 Å². The van der Waals surface area contributed by atoms with Gasteiger partial charge in [-0.3, -0.25) is 9.59 Å². The van der Waals surface area contributed by atoms with E-state index in [1.165, 1.54) is 398 Å². The van der Waals surface area contributed by atoms with Gasteiger partial charge in [-0.2, -0.15) is 0 Å². The third kappa shape index (κ3) is 82.4. The second kappa shape index (κ2) is 86.0. The molecule has 570 valence electrons. The van der Waals surface area contributed by atoms with Crippen molar-refractivity contribution in [3.8, 4) is 0 Å². The maximum absolute atomic E-state index is 12.6. The average molecular weight is 1360 g/mol. The molecule has 0 aromatic heterocycles. The number of nitrogens with one attached hydrogen (secondary N) is 1. The minimum Gasteiger partial charge on any atom is -0.466 e. The summed E-state index contributed by atoms with van der Waals surface area (Å²) in [5, 5.41) is 23.3. The fourth-order valence-electron chi connectivity index (χ4n) is 13.8. The predicted octanol–water partition coefficient (Wildman–Crippen LogP) is 29.7. The van der Waals surface area contributed by atoms with Crippen molar-refractivity contribution in [2.45, 2.75) is 495 Å². The van der Waals surface area contributed by atoms with E-state index in [9.17, 15) is 19.8 Å². The first-order chi connectivity index (χ1) is 48.0. The summed E-state index contributed by atoms with van der Waals surface area (Å²) in [5.41, 5.74) is 0. The van der Waals surface area contributed by atoms with Crippen molar-refractivity contribution in [3.63, 3.8) is 0 Å². The van der Waals surface area contributed by atoms with Crippen LogP contribution in [0.3, 0.4) is 0 Å². The number of ether oxygens (including phenoxy) is 1. The highest BCUT2D eigenvalue weighted by Crippen LogP contribution is 2.20. The molecule has 0 aromatic rings. The van der Waals surface area contributed by atoms with Gasteiger partial charge in [0.1, 0.15) is 0 Å². The quantitative estimate of drug-likeness (QED) is 0.0320. The summed E-state index contributed by atoms with van der Waals surface area (Å²) in [6.07, 6.45) is 117. The first-order valence-electron chi connectivity index (χ1n) is 44.1. The van der Waals surface area contributed by atoms with Gasteiger partial charge >= 0.3 is 5.97 Å². The third-order valence-corrected chi connectivity index (χ3v) is 20.5. The zero-order chi connectivity index (χ0) is 69.8. The van der Waals surface area contributed by atoms with Gasteiger partial charge in [0, 0.05) is 12.8 Å². The van der Waals surface area contributed by atoms with Crippen LogP contribution in [0.25, 0.3) is 0 Å². The Kier molecular flexibility index (Phi) is 83.8. The van der Waals surface area contributed by atoms with E-state index in [0.717, 1.165) is 57.8 Å². The van der Waals surface area contributed by atoms with Gasteiger partial charge in [0.2, 0.25) is 5.91 Å². The number of carbonyl (C=O) groups excluding carboxylic acids is 2. The van der Waals surface area contributed by atoms with Crippen LogP contribution in [-0.2, 0) is 14.3 Å². The van der Waals surface area contributed by atoms with E-state index in [4.69, 9.17) is 4.74 Å². The van der Waals surface area contributed by atoms with Gasteiger partial charge in [-0.15, -0.1) is 0 Å². The molecule has 0 spiro atoms. The molecule has 97 heavy (non-hydrogen) atoms. The first kappa shape index (κ1) is 94.6. The van der Waals surface area contributed by atoms with Crippen molar-refractivity contribution in [1.82, 2.24) is 5.32 Å². The van der Waals surface area contributed by atoms with Crippen LogP contribution in [0.5, 0.6) is 0 Å². The van der Waals surface area contributed by atoms with E-state index in [-0.39, 0.29) is 18.5 Å². The highest BCUT2D eigenvalue weighted by atomic mass is 16.5. The Bertz CT molecular complexity index is 1670. The van der Waals surface area contributed by atoms with Crippen molar-refractivity contribution in [3.05, 3.63) is 60.8 Å². The maximum Gasteiger partial charge on any atom is 0.305 e. The molecule has 0 radical (unpaired) electrons. The molecular weight excluding hydrogens is 1190 g/mol. The topological polar surface area (TPSA) is 95.9 Å². The summed E-state index contributed by atoms with van der Waals surface area (Å²) >= 11 is 0. The molecule has 0 saturated heterocycles. The fraction of sp³-hybridized carbons (Fsp3) is 0.868. The standard InChI is InChI=1S/C91H171NO5/c1-3-5-7-9-11-13-15-17-19-21-23-24-25-39-42-45-48-51-55-59-63-67-71-75-79-83-89(94)88(87-93)92-90(95)84-80-76-72-68-64-60-56-52-49-46-43-40-37-35-33-31-29-27-26-28-30-32-34-36-38-41-44-47-50-54-58-62-66-70-74-78-82-86-97-91(96)85-81-77-73-69-65-61-57-53-22-20-18-16-14-12-10-8-6-4-2/h14,16,20,22,26,28,32,34,79,83,88-89,93-94H,3-13,15,17-19,21,23-25,27,29-31,33,35-78,80-82,84-87H2,1-2H3,(H,92,95)/b16-14-,22-20-,28-26-,34-32-,83-79+. The van der Waals surface area contributed by atoms with Crippen LogP contribution in [0.4, 0.5) is 0 Å². The number of aliphatic hydroxyl groups excluding tert-OH is 2. The van der Waals surface area contributed by atoms with Gasteiger partial charge in [0.25, 0.3) is 0 Å². The Hall–Kier alpha value is -2.44. The van der Waals surface area contributed by atoms with Crippen LogP contribution in [0.1, 0.15) is 483 Å². The number of rotatable bonds is 83. The van der Waals surface area contributed by atoms with Gasteiger partial charge in [0.15, 0.2) is 0 Å². The molecule has 2 atom stereocenters. The van der Waals surface area contributed by atoms with Crippen LogP contribution in [-0.4, -0.2) is 47.4 Å². The summed E-state index contributed by atoms with van der Waals surface area (Å²) in [4.78, 5) is 24.7. The Morgan fingerprint density at radius 1 is 0.289 bits per heavy atom. The molecule has 2 unspecified atom stereocenters. The molecule has 6 nitrogen and oxygen atoms in total. The minimum absolute atomic E-state index is 0.0117. The minimum atomic E-state index is -0.845.